The fourth-order valence-corrected chi connectivity index (χ4v) is 4.80. The maximum Gasteiger partial charge on any atom is 0.295 e. The van der Waals surface area contributed by atoms with Crippen molar-refractivity contribution in [1.82, 2.24) is 9.80 Å². The molecule has 37 heavy (non-hydrogen) atoms. The Morgan fingerprint density at radius 1 is 1.16 bits per heavy atom. The Balaban J connectivity index is 1.83. The minimum Gasteiger partial charge on any atom is -0.507 e. The van der Waals surface area contributed by atoms with Crippen LogP contribution in [0.2, 0.25) is 0 Å². The van der Waals surface area contributed by atoms with Gasteiger partial charge in [0.1, 0.15) is 18.1 Å². The van der Waals surface area contributed by atoms with E-state index in [1.54, 1.807) is 42.3 Å². The normalized spacial score (nSPS) is 18.7. The van der Waals surface area contributed by atoms with E-state index in [0.717, 1.165) is 12.2 Å². The molecule has 0 aromatic heterocycles. The van der Waals surface area contributed by atoms with E-state index in [1.165, 1.54) is 0 Å². The molecule has 2 aliphatic rings. The number of aliphatic hydroxyl groups excluding tert-OH is 1. The molecule has 9 nitrogen and oxygen atoms in total. The molecule has 4 rings (SSSR count). The van der Waals surface area contributed by atoms with Gasteiger partial charge in [0.05, 0.1) is 37.6 Å². The molecular formula is C28H35N3O6. The van der Waals surface area contributed by atoms with E-state index in [0.29, 0.717) is 61.1 Å². The van der Waals surface area contributed by atoms with E-state index in [4.69, 9.17) is 14.2 Å². The Hall–Kier alpha value is -3.72. The minimum atomic E-state index is -0.767. The van der Waals surface area contributed by atoms with E-state index >= 15 is 0 Å². The molecule has 1 unspecified atom stereocenters. The number of benzene rings is 2. The van der Waals surface area contributed by atoms with Crippen LogP contribution < -0.4 is 19.1 Å². The Labute approximate surface area is 217 Å². The maximum atomic E-state index is 13.4. The smallest absolute Gasteiger partial charge is 0.295 e. The van der Waals surface area contributed by atoms with Gasteiger partial charge in [0.2, 0.25) is 0 Å². The van der Waals surface area contributed by atoms with Crippen LogP contribution in [0.25, 0.3) is 5.76 Å². The summed E-state index contributed by atoms with van der Waals surface area (Å²) in [4.78, 5) is 32.2. The fourth-order valence-electron chi connectivity index (χ4n) is 4.80. The van der Waals surface area contributed by atoms with Crippen LogP contribution in [0, 0.1) is 0 Å². The predicted octanol–water partition coefficient (Wildman–Crippen LogP) is 3.30. The first-order valence-corrected chi connectivity index (χ1v) is 12.5. The molecule has 0 bridgehead atoms. The molecule has 1 N–H and O–H groups in total. The van der Waals surface area contributed by atoms with Crippen molar-refractivity contribution >= 4 is 23.1 Å². The first kappa shape index (κ1) is 26.3. The van der Waals surface area contributed by atoms with Crippen LogP contribution in [0.4, 0.5) is 5.69 Å². The number of nitrogens with zero attached hydrogens (tertiary/aromatic N) is 3. The van der Waals surface area contributed by atoms with Crippen molar-refractivity contribution in [3.05, 3.63) is 53.1 Å². The van der Waals surface area contributed by atoms with Crippen LogP contribution in [0.3, 0.4) is 0 Å². The zero-order chi connectivity index (χ0) is 26.7. The quantitative estimate of drug-likeness (QED) is 0.313. The number of likely N-dealkylation sites (N-methyl/N-ethyl adjacent to an activating group) is 1. The standard InChI is InChI=1S/C28H35N3O6/c1-6-36-22-11-8-18(17-23(22)35-5)25-24(27(33)28(34)31(25)13-7-12-29(2)3)26(32)19-9-10-21-20(16-19)30(4)14-15-37-21/h8-11,16-17,25,32H,6-7,12-15H2,1-5H3/b26-24+. The number of anilines is 1. The highest BCUT2D eigenvalue weighted by Gasteiger charge is 2.46. The third-order valence-electron chi connectivity index (χ3n) is 6.68. The predicted molar refractivity (Wildman–Crippen MR) is 142 cm³/mol. The second-order valence-corrected chi connectivity index (χ2v) is 9.45. The summed E-state index contributed by atoms with van der Waals surface area (Å²) < 4.78 is 16.9. The third-order valence-corrected chi connectivity index (χ3v) is 6.68. The molecule has 1 atom stereocenters. The van der Waals surface area contributed by atoms with Crippen molar-refractivity contribution < 1.29 is 28.9 Å². The zero-order valence-electron chi connectivity index (χ0n) is 22.1. The molecule has 1 fully saturated rings. The van der Waals surface area contributed by atoms with E-state index in [-0.39, 0.29) is 11.3 Å². The molecule has 0 aliphatic carbocycles. The number of hydrogen-bond donors (Lipinski definition) is 1. The van der Waals surface area contributed by atoms with Crippen LogP contribution >= 0.6 is 0 Å². The topological polar surface area (TPSA) is 91.8 Å². The number of carbonyl (C=O) groups excluding carboxylic acids is 2. The lowest BCUT2D eigenvalue weighted by Crippen LogP contribution is -2.32. The summed E-state index contributed by atoms with van der Waals surface area (Å²) in [5.74, 6) is 0.219. The number of amides is 1. The average Bonchev–Trinajstić information content (AvgIpc) is 3.13. The van der Waals surface area contributed by atoms with Crippen molar-refractivity contribution in [2.45, 2.75) is 19.4 Å². The Morgan fingerprint density at radius 2 is 1.95 bits per heavy atom. The molecule has 2 aromatic rings. The summed E-state index contributed by atoms with van der Waals surface area (Å²) in [5.41, 5.74) is 1.98. The Kier molecular flexibility index (Phi) is 7.92. The largest absolute Gasteiger partial charge is 0.507 e. The molecular weight excluding hydrogens is 474 g/mol. The number of ether oxygens (including phenoxy) is 3. The van der Waals surface area contributed by atoms with Gasteiger partial charge in [0, 0.05) is 19.2 Å². The van der Waals surface area contributed by atoms with Gasteiger partial charge in [-0.25, -0.2) is 0 Å². The Bertz CT molecular complexity index is 1210. The molecule has 9 heteroatoms. The van der Waals surface area contributed by atoms with Gasteiger partial charge in [-0.15, -0.1) is 0 Å². The number of likely N-dealkylation sites (tertiary alicyclic amines) is 1. The highest BCUT2D eigenvalue weighted by Crippen LogP contribution is 2.43. The van der Waals surface area contributed by atoms with Gasteiger partial charge in [-0.2, -0.15) is 0 Å². The lowest BCUT2D eigenvalue weighted by atomic mass is 9.94. The summed E-state index contributed by atoms with van der Waals surface area (Å²) in [6, 6.07) is 9.86. The number of carbonyl (C=O) groups is 2. The van der Waals surface area contributed by atoms with Gasteiger partial charge < -0.3 is 34.0 Å². The van der Waals surface area contributed by atoms with Crippen molar-refractivity contribution in [2.75, 3.05) is 66.0 Å². The van der Waals surface area contributed by atoms with E-state index in [2.05, 4.69) is 0 Å². The second kappa shape index (κ2) is 11.1. The summed E-state index contributed by atoms with van der Waals surface area (Å²) in [6.07, 6.45) is 0.672. The number of Topliss-reactive ketones (excluding diaryl/α,β-unsaturated/α-hetero) is 1. The number of methoxy groups -OCH3 is 1. The van der Waals surface area contributed by atoms with Crippen LogP contribution in [0.1, 0.15) is 30.5 Å². The summed E-state index contributed by atoms with van der Waals surface area (Å²) in [6.45, 7) is 4.75. The molecule has 0 spiro atoms. The summed E-state index contributed by atoms with van der Waals surface area (Å²) >= 11 is 0. The molecule has 0 saturated carbocycles. The van der Waals surface area contributed by atoms with Crippen molar-refractivity contribution in [3.63, 3.8) is 0 Å². The third kappa shape index (κ3) is 5.22. The van der Waals surface area contributed by atoms with Gasteiger partial charge in [0.25, 0.3) is 11.7 Å². The van der Waals surface area contributed by atoms with Crippen molar-refractivity contribution in [1.29, 1.82) is 0 Å². The number of hydrogen-bond acceptors (Lipinski definition) is 8. The first-order chi connectivity index (χ1) is 17.8. The van der Waals surface area contributed by atoms with Gasteiger partial charge in [-0.3, -0.25) is 9.59 Å². The summed E-state index contributed by atoms with van der Waals surface area (Å²) in [7, 11) is 7.40. The van der Waals surface area contributed by atoms with Crippen LogP contribution in [0.5, 0.6) is 17.2 Å². The molecule has 2 aliphatic heterocycles. The van der Waals surface area contributed by atoms with E-state index < -0.39 is 17.7 Å². The SMILES string of the molecule is CCOc1ccc(C2/C(=C(\O)c3ccc4c(c3)N(C)CCO4)C(=O)C(=O)N2CCCN(C)C)cc1OC. The number of rotatable bonds is 9. The van der Waals surface area contributed by atoms with Gasteiger partial charge in [0.15, 0.2) is 11.5 Å². The Morgan fingerprint density at radius 3 is 2.65 bits per heavy atom. The molecule has 2 aromatic carbocycles. The van der Waals surface area contributed by atoms with Gasteiger partial charge in [-0.1, -0.05) is 6.07 Å². The summed E-state index contributed by atoms with van der Waals surface area (Å²) in [5, 5.41) is 11.5. The number of fused-ring (bicyclic) bond motifs is 1. The number of ketones is 1. The molecule has 2 heterocycles. The van der Waals surface area contributed by atoms with E-state index in [1.807, 2.05) is 43.9 Å². The fraction of sp³-hybridized carbons (Fsp3) is 0.429. The average molecular weight is 510 g/mol. The van der Waals surface area contributed by atoms with Crippen LogP contribution in [-0.4, -0.2) is 87.7 Å². The highest BCUT2D eigenvalue weighted by molar-refractivity contribution is 6.46. The van der Waals surface area contributed by atoms with E-state index in [9.17, 15) is 14.7 Å². The first-order valence-electron chi connectivity index (χ1n) is 12.5. The highest BCUT2D eigenvalue weighted by atomic mass is 16.5. The molecule has 198 valence electrons. The lowest BCUT2D eigenvalue weighted by Gasteiger charge is -2.28. The second-order valence-electron chi connectivity index (χ2n) is 9.45. The van der Waals surface area contributed by atoms with Crippen molar-refractivity contribution in [2.24, 2.45) is 0 Å². The van der Waals surface area contributed by atoms with Crippen LogP contribution in [0.15, 0.2) is 42.0 Å². The minimum absolute atomic E-state index is 0.0559. The van der Waals surface area contributed by atoms with Crippen molar-refractivity contribution in [3.8, 4) is 17.2 Å². The van der Waals surface area contributed by atoms with Gasteiger partial charge in [-0.05, 0) is 69.9 Å². The lowest BCUT2D eigenvalue weighted by molar-refractivity contribution is -0.139. The molecule has 0 radical (unpaired) electrons. The maximum absolute atomic E-state index is 13.4. The monoisotopic (exact) mass is 509 g/mol. The van der Waals surface area contributed by atoms with Gasteiger partial charge >= 0.3 is 0 Å². The molecule has 1 amide bonds. The number of aliphatic hydroxyl groups is 1. The van der Waals surface area contributed by atoms with Crippen LogP contribution in [-0.2, 0) is 9.59 Å². The zero-order valence-corrected chi connectivity index (χ0v) is 22.1. The molecule has 1 saturated heterocycles.